The molecular weight excluding hydrogens is 252 g/mol. The van der Waals surface area contributed by atoms with E-state index >= 15 is 0 Å². The van der Waals surface area contributed by atoms with Crippen LogP contribution in [0.2, 0.25) is 19.6 Å². The average Bonchev–Trinajstić information content (AvgIpc) is 2.58. The van der Waals surface area contributed by atoms with Crippen molar-refractivity contribution in [1.29, 1.82) is 0 Å². The second kappa shape index (κ2) is 6.99. The Kier molecular flexibility index (Phi) is 5.92. The molecule has 0 fully saturated rings. The van der Waals surface area contributed by atoms with Gasteiger partial charge < -0.3 is 8.84 Å². The Morgan fingerprint density at radius 3 is 2.47 bits per heavy atom. The first-order valence-corrected chi connectivity index (χ1v) is 10.8. The highest BCUT2D eigenvalue weighted by Crippen LogP contribution is 2.29. The molecule has 19 heavy (non-hydrogen) atoms. The van der Waals surface area contributed by atoms with Gasteiger partial charge in [0.2, 0.25) is 8.32 Å². The Labute approximate surface area is 119 Å². The number of furan rings is 1. The van der Waals surface area contributed by atoms with Crippen LogP contribution in [0.5, 0.6) is 5.95 Å². The highest BCUT2D eigenvalue weighted by Gasteiger charge is 2.21. The third-order valence-electron chi connectivity index (χ3n) is 2.74. The van der Waals surface area contributed by atoms with E-state index in [4.69, 9.17) is 8.84 Å². The second-order valence-corrected chi connectivity index (χ2v) is 10.6. The summed E-state index contributed by atoms with van der Waals surface area (Å²) in [5, 5.41) is 0. The normalized spacial score (nSPS) is 12.8. The SMILES string of the molecule is CCC/C(C)=C/c1cc(CCC)c(O[Si](C)(C)C)o1. The third kappa shape index (κ3) is 5.68. The van der Waals surface area contributed by atoms with Crippen molar-refractivity contribution in [3.63, 3.8) is 0 Å². The minimum Gasteiger partial charge on any atom is -0.519 e. The van der Waals surface area contributed by atoms with Crippen LogP contribution < -0.4 is 4.43 Å². The van der Waals surface area contributed by atoms with Gasteiger partial charge in [-0.25, -0.2) is 0 Å². The molecule has 0 aliphatic heterocycles. The largest absolute Gasteiger partial charge is 0.519 e. The third-order valence-corrected chi connectivity index (χ3v) is 3.54. The van der Waals surface area contributed by atoms with Crippen LogP contribution in [0.3, 0.4) is 0 Å². The minimum atomic E-state index is -1.61. The quantitative estimate of drug-likeness (QED) is 0.602. The van der Waals surface area contributed by atoms with Gasteiger partial charge in [0.1, 0.15) is 5.76 Å². The highest BCUT2D eigenvalue weighted by molar-refractivity contribution is 6.70. The highest BCUT2D eigenvalue weighted by atomic mass is 28.4. The maximum Gasteiger partial charge on any atom is 0.274 e. The lowest BCUT2D eigenvalue weighted by Crippen LogP contribution is -2.29. The second-order valence-electron chi connectivity index (χ2n) is 6.17. The monoisotopic (exact) mass is 280 g/mol. The fourth-order valence-corrected chi connectivity index (χ4v) is 2.75. The smallest absolute Gasteiger partial charge is 0.274 e. The van der Waals surface area contributed by atoms with Crippen molar-refractivity contribution in [3.05, 3.63) is 23.0 Å². The lowest BCUT2D eigenvalue weighted by atomic mass is 10.1. The molecule has 0 N–H and O–H groups in total. The summed E-state index contributed by atoms with van der Waals surface area (Å²) in [4.78, 5) is 0. The van der Waals surface area contributed by atoms with E-state index in [1.807, 2.05) is 0 Å². The molecule has 3 heteroatoms. The van der Waals surface area contributed by atoms with E-state index in [0.29, 0.717) is 0 Å². The fraction of sp³-hybridized carbons (Fsp3) is 0.625. The summed E-state index contributed by atoms with van der Waals surface area (Å²) in [7, 11) is -1.61. The van der Waals surface area contributed by atoms with Gasteiger partial charge in [-0.1, -0.05) is 32.3 Å². The summed E-state index contributed by atoms with van der Waals surface area (Å²) in [5.74, 6) is 1.68. The standard InChI is InChI=1S/C16H28O2Si/c1-7-9-13(3)11-15-12-14(10-8-2)16(17-15)18-19(4,5)6/h11-12H,7-10H2,1-6H3/b13-11+. The lowest BCUT2D eigenvalue weighted by Gasteiger charge is -2.17. The zero-order valence-corrected chi connectivity index (χ0v) is 14.3. The van der Waals surface area contributed by atoms with Crippen molar-refractivity contribution in [3.8, 4) is 5.95 Å². The molecule has 0 saturated heterocycles. The van der Waals surface area contributed by atoms with E-state index in [2.05, 4.69) is 52.6 Å². The van der Waals surface area contributed by atoms with Gasteiger partial charge in [-0.15, -0.1) is 0 Å². The fourth-order valence-electron chi connectivity index (χ4n) is 2.02. The topological polar surface area (TPSA) is 22.4 Å². The van der Waals surface area contributed by atoms with Crippen molar-refractivity contribution in [2.45, 2.75) is 66.1 Å². The first kappa shape index (κ1) is 16.1. The van der Waals surface area contributed by atoms with Gasteiger partial charge in [0.25, 0.3) is 5.95 Å². The molecule has 1 aromatic heterocycles. The molecule has 1 rings (SSSR count). The number of hydrogen-bond donors (Lipinski definition) is 0. The first-order chi connectivity index (χ1) is 8.85. The van der Waals surface area contributed by atoms with Crippen LogP contribution in [-0.2, 0) is 6.42 Å². The van der Waals surface area contributed by atoms with Gasteiger partial charge in [0.05, 0.1) is 0 Å². The summed E-state index contributed by atoms with van der Waals surface area (Å²) in [6, 6.07) is 2.14. The Balaban J connectivity index is 2.97. The lowest BCUT2D eigenvalue weighted by molar-refractivity contribution is 0.378. The first-order valence-electron chi connectivity index (χ1n) is 7.34. The Morgan fingerprint density at radius 1 is 1.26 bits per heavy atom. The number of aryl methyl sites for hydroxylation is 1. The molecule has 0 spiro atoms. The molecule has 0 unspecified atom stereocenters. The summed E-state index contributed by atoms with van der Waals surface area (Å²) in [5.41, 5.74) is 2.57. The Morgan fingerprint density at radius 2 is 1.95 bits per heavy atom. The summed E-state index contributed by atoms with van der Waals surface area (Å²) in [6.07, 6.45) is 6.56. The van der Waals surface area contributed by atoms with Crippen LogP contribution in [0.4, 0.5) is 0 Å². The van der Waals surface area contributed by atoms with Crippen LogP contribution in [0.1, 0.15) is 51.4 Å². The number of hydrogen-bond acceptors (Lipinski definition) is 2. The van der Waals surface area contributed by atoms with Crippen molar-refractivity contribution in [2.75, 3.05) is 0 Å². The Bertz CT molecular complexity index is 424. The van der Waals surface area contributed by atoms with Crippen LogP contribution in [0.25, 0.3) is 6.08 Å². The molecule has 1 heterocycles. The summed E-state index contributed by atoms with van der Waals surface area (Å²) < 4.78 is 11.9. The molecule has 0 bridgehead atoms. The summed E-state index contributed by atoms with van der Waals surface area (Å²) >= 11 is 0. The minimum absolute atomic E-state index is 0.747. The maximum absolute atomic E-state index is 6.05. The number of allylic oxidation sites excluding steroid dienone is 1. The van der Waals surface area contributed by atoms with Crippen molar-refractivity contribution >= 4 is 14.4 Å². The summed E-state index contributed by atoms with van der Waals surface area (Å²) in [6.45, 7) is 13.1. The molecule has 1 aromatic rings. The average molecular weight is 280 g/mol. The van der Waals surface area contributed by atoms with Crippen LogP contribution >= 0.6 is 0 Å². The van der Waals surface area contributed by atoms with Crippen LogP contribution in [0.15, 0.2) is 16.1 Å². The molecule has 0 radical (unpaired) electrons. The predicted molar refractivity (Wildman–Crippen MR) is 85.2 cm³/mol. The van der Waals surface area contributed by atoms with E-state index in [-0.39, 0.29) is 0 Å². The van der Waals surface area contributed by atoms with Gasteiger partial charge >= 0.3 is 0 Å². The molecule has 0 aliphatic carbocycles. The molecular formula is C16H28O2Si. The van der Waals surface area contributed by atoms with Crippen LogP contribution in [-0.4, -0.2) is 8.32 Å². The number of rotatable bonds is 7. The van der Waals surface area contributed by atoms with Crippen LogP contribution in [0, 0.1) is 0 Å². The molecule has 0 aromatic carbocycles. The van der Waals surface area contributed by atoms with Crippen molar-refractivity contribution in [1.82, 2.24) is 0 Å². The molecule has 0 atom stereocenters. The van der Waals surface area contributed by atoms with E-state index in [0.717, 1.165) is 31.0 Å². The van der Waals surface area contributed by atoms with E-state index in [9.17, 15) is 0 Å². The van der Waals surface area contributed by atoms with E-state index < -0.39 is 8.32 Å². The van der Waals surface area contributed by atoms with Crippen molar-refractivity contribution in [2.24, 2.45) is 0 Å². The zero-order chi connectivity index (χ0) is 14.5. The van der Waals surface area contributed by atoms with E-state index in [1.54, 1.807) is 0 Å². The molecule has 2 nitrogen and oxygen atoms in total. The van der Waals surface area contributed by atoms with E-state index in [1.165, 1.54) is 17.6 Å². The Hall–Kier alpha value is -0.963. The predicted octanol–water partition coefficient (Wildman–Crippen LogP) is 5.65. The molecule has 108 valence electrons. The zero-order valence-electron chi connectivity index (χ0n) is 13.3. The van der Waals surface area contributed by atoms with Gasteiger partial charge in [-0.3, -0.25) is 0 Å². The van der Waals surface area contributed by atoms with Gasteiger partial charge in [0, 0.05) is 5.56 Å². The van der Waals surface area contributed by atoms with Gasteiger partial charge in [-0.05, 0) is 51.5 Å². The van der Waals surface area contributed by atoms with Gasteiger partial charge in [0.15, 0.2) is 0 Å². The van der Waals surface area contributed by atoms with Gasteiger partial charge in [-0.2, -0.15) is 0 Å². The molecule has 0 saturated carbocycles. The molecule has 0 amide bonds. The molecule has 0 aliphatic rings. The van der Waals surface area contributed by atoms with Crippen molar-refractivity contribution < 1.29 is 8.84 Å². The maximum atomic E-state index is 6.05.